The minimum atomic E-state index is -1.11. The van der Waals surface area contributed by atoms with Crippen LogP contribution >= 0.6 is 0 Å². The van der Waals surface area contributed by atoms with Crippen molar-refractivity contribution in [2.24, 2.45) is 0 Å². The van der Waals surface area contributed by atoms with Crippen LogP contribution in [-0.4, -0.2) is 17.2 Å². The van der Waals surface area contributed by atoms with E-state index in [0.717, 1.165) is 0 Å². The smallest absolute Gasteiger partial charge is 0.404 e. The molecule has 4 heteroatoms. The third-order valence-electron chi connectivity index (χ3n) is 1.01. The highest BCUT2D eigenvalue weighted by molar-refractivity contribution is 5.64. The van der Waals surface area contributed by atoms with E-state index in [1.165, 1.54) is 0 Å². The molecule has 0 saturated heterocycles. The number of rotatable bonds is 3. The largest absolute Gasteiger partial charge is 0.465 e. The van der Waals surface area contributed by atoms with E-state index in [-0.39, 0.29) is 12.5 Å². The molecule has 4 nitrogen and oxygen atoms in total. The molecule has 0 spiro atoms. The predicted molar refractivity (Wildman–Crippen MR) is 35.2 cm³/mol. The van der Waals surface area contributed by atoms with Gasteiger partial charge in [0.05, 0.1) is 12.5 Å². The molecular weight excluding hydrogens is 132 g/mol. The molecule has 0 aromatic rings. The molecule has 0 aliphatic rings. The first kappa shape index (κ1) is 8.76. The Balaban J connectivity index is 3.62. The van der Waals surface area contributed by atoms with Crippen LogP contribution in [0.25, 0.3) is 0 Å². The van der Waals surface area contributed by atoms with Crippen LogP contribution < -0.4 is 5.32 Å². The zero-order valence-corrected chi connectivity index (χ0v) is 5.50. The van der Waals surface area contributed by atoms with E-state index in [1.807, 2.05) is 6.07 Å². The number of nitrogens with zero attached hydrogens (tertiary/aromatic N) is 1. The summed E-state index contributed by atoms with van der Waals surface area (Å²) >= 11 is 0. The summed E-state index contributed by atoms with van der Waals surface area (Å²) in [4.78, 5) is 10.00. The lowest BCUT2D eigenvalue weighted by Gasteiger charge is -2.08. The van der Waals surface area contributed by atoms with Gasteiger partial charge in [-0.3, -0.25) is 0 Å². The topological polar surface area (TPSA) is 73.1 Å². The Kier molecular flexibility index (Phi) is 4.05. The summed E-state index contributed by atoms with van der Waals surface area (Å²) in [5, 5.41) is 18.5. The third kappa shape index (κ3) is 3.72. The predicted octanol–water partition coefficient (Wildman–Crippen LogP) is 0.760. The van der Waals surface area contributed by atoms with Gasteiger partial charge in [0.2, 0.25) is 0 Å². The molecule has 0 rings (SSSR count). The number of nitriles is 1. The SMILES string of the molecule is [CH2]CC(CC#N)NC(=O)O. The van der Waals surface area contributed by atoms with Gasteiger partial charge in [-0.25, -0.2) is 4.79 Å². The quantitative estimate of drug-likeness (QED) is 0.609. The van der Waals surface area contributed by atoms with Gasteiger partial charge in [-0.15, -0.1) is 0 Å². The number of hydrogen-bond donors (Lipinski definition) is 2. The maximum atomic E-state index is 10.00. The van der Waals surface area contributed by atoms with E-state index in [0.29, 0.717) is 6.42 Å². The Labute approximate surface area is 59.5 Å². The van der Waals surface area contributed by atoms with Crippen LogP contribution in [-0.2, 0) is 0 Å². The van der Waals surface area contributed by atoms with Gasteiger partial charge in [0.15, 0.2) is 0 Å². The van der Waals surface area contributed by atoms with Gasteiger partial charge in [-0.1, -0.05) is 6.92 Å². The Bertz CT molecular complexity index is 150. The van der Waals surface area contributed by atoms with Gasteiger partial charge in [-0.05, 0) is 6.42 Å². The Morgan fingerprint density at radius 2 is 2.50 bits per heavy atom. The molecule has 0 fully saturated rings. The van der Waals surface area contributed by atoms with Crippen LogP contribution in [0, 0.1) is 18.3 Å². The van der Waals surface area contributed by atoms with Crippen LogP contribution in [0.2, 0.25) is 0 Å². The Morgan fingerprint density at radius 1 is 1.90 bits per heavy atom. The van der Waals surface area contributed by atoms with Crippen LogP contribution in [0.1, 0.15) is 12.8 Å². The molecule has 55 valence electrons. The fourth-order valence-corrected chi connectivity index (χ4v) is 0.510. The zero-order chi connectivity index (χ0) is 7.98. The van der Waals surface area contributed by atoms with Gasteiger partial charge in [0.1, 0.15) is 0 Å². The Hall–Kier alpha value is -1.24. The highest BCUT2D eigenvalue weighted by atomic mass is 16.4. The van der Waals surface area contributed by atoms with Crippen molar-refractivity contribution in [3.63, 3.8) is 0 Å². The lowest BCUT2D eigenvalue weighted by atomic mass is 10.2. The maximum absolute atomic E-state index is 10.00. The van der Waals surface area contributed by atoms with E-state index in [1.54, 1.807) is 0 Å². The second-order valence-corrected chi connectivity index (χ2v) is 1.80. The average molecular weight is 141 g/mol. The molecule has 0 aromatic heterocycles. The van der Waals surface area contributed by atoms with Crippen molar-refractivity contribution in [2.75, 3.05) is 0 Å². The van der Waals surface area contributed by atoms with Crippen molar-refractivity contribution in [2.45, 2.75) is 18.9 Å². The number of carboxylic acid groups (broad SMARTS) is 1. The standard InChI is InChI=1S/C6H9N2O2/c1-2-5(3-4-7)8-6(9)10/h5,8H,1-3H2,(H,9,10). The van der Waals surface area contributed by atoms with Gasteiger partial charge < -0.3 is 10.4 Å². The first-order chi connectivity index (χ1) is 4.70. The van der Waals surface area contributed by atoms with Crippen LogP contribution in [0.5, 0.6) is 0 Å². The molecule has 0 saturated carbocycles. The van der Waals surface area contributed by atoms with Crippen molar-refractivity contribution >= 4 is 6.09 Å². The summed E-state index contributed by atoms with van der Waals surface area (Å²) in [6, 6.07) is 1.53. The minimum absolute atomic E-state index is 0.176. The monoisotopic (exact) mass is 141 g/mol. The van der Waals surface area contributed by atoms with E-state index in [9.17, 15) is 4.79 Å². The van der Waals surface area contributed by atoms with Crippen molar-refractivity contribution in [3.8, 4) is 6.07 Å². The second kappa shape index (κ2) is 4.62. The highest BCUT2D eigenvalue weighted by Gasteiger charge is 2.06. The molecular formula is C6H9N2O2. The van der Waals surface area contributed by atoms with Gasteiger partial charge >= 0.3 is 6.09 Å². The molecule has 1 unspecified atom stereocenters. The number of amides is 1. The molecule has 2 N–H and O–H groups in total. The lowest BCUT2D eigenvalue weighted by Crippen LogP contribution is -2.32. The highest BCUT2D eigenvalue weighted by Crippen LogP contribution is 1.94. The molecule has 0 aromatic carbocycles. The molecule has 1 atom stereocenters. The van der Waals surface area contributed by atoms with Crippen LogP contribution in [0.3, 0.4) is 0 Å². The summed E-state index contributed by atoms with van der Waals surface area (Å²) in [5.74, 6) is 0. The summed E-state index contributed by atoms with van der Waals surface area (Å²) in [6.45, 7) is 3.48. The minimum Gasteiger partial charge on any atom is -0.465 e. The van der Waals surface area contributed by atoms with Gasteiger partial charge in [0.25, 0.3) is 0 Å². The first-order valence-electron chi connectivity index (χ1n) is 2.86. The van der Waals surface area contributed by atoms with Crippen molar-refractivity contribution in [1.82, 2.24) is 5.32 Å². The van der Waals surface area contributed by atoms with Crippen molar-refractivity contribution in [3.05, 3.63) is 6.92 Å². The number of nitrogens with one attached hydrogen (secondary N) is 1. The molecule has 0 aliphatic carbocycles. The molecule has 1 radical (unpaired) electrons. The van der Waals surface area contributed by atoms with E-state index < -0.39 is 6.09 Å². The lowest BCUT2D eigenvalue weighted by molar-refractivity contribution is 0.190. The normalized spacial score (nSPS) is 11.6. The van der Waals surface area contributed by atoms with Gasteiger partial charge in [-0.2, -0.15) is 5.26 Å². The zero-order valence-electron chi connectivity index (χ0n) is 5.50. The molecule has 0 bridgehead atoms. The van der Waals surface area contributed by atoms with Crippen LogP contribution in [0.4, 0.5) is 4.79 Å². The fourth-order valence-electron chi connectivity index (χ4n) is 0.510. The summed E-state index contributed by atoms with van der Waals surface area (Å²) in [5.41, 5.74) is 0. The molecule has 10 heavy (non-hydrogen) atoms. The van der Waals surface area contributed by atoms with E-state index in [2.05, 4.69) is 12.2 Å². The number of carbonyl (C=O) groups is 1. The summed E-state index contributed by atoms with van der Waals surface area (Å²) < 4.78 is 0. The molecule has 0 aliphatic heterocycles. The van der Waals surface area contributed by atoms with Gasteiger partial charge in [0, 0.05) is 6.04 Å². The first-order valence-corrected chi connectivity index (χ1v) is 2.86. The Morgan fingerprint density at radius 3 is 2.80 bits per heavy atom. The van der Waals surface area contributed by atoms with E-state index in [4.69, 9.17) is 10.4 Å². The van der Waals surface area contributed by atoms with E-state index >= 15 is 0 Å². The van der Waals surface area contributed by atoms with Crippen molar-refractivity contribution < 1.29 is 9.90 Å². The van der Waals surface area contributed by atoms with Crippen molar-refractivity contribution in [1.29, 1.82) is 5.26 Å². The fraction of sp³-hybridized carbons (Fsp3) is 0.500. The second-order valence-electron chi connectivity index (χ2n) is 1.80. The summed E-state index contributed by atoms with van der Waals surface area (Å²) in [7, 11) is 0. The third-order valence-corrected chi connectivity index (χ3v) is 1.01. The molecule has 0 heterocycles. The number of hydrogen-bond acceptors (Lipinski definition) is 2. The maximum Gasteiger partial charge on any atom is 0.404 e. The summed E-state index contributed by atoms with van der Waals surface area (Å²) in [6.07, 6.45) is -0.528. The van der Waals surface area contributed by atoms with Crippen LogP contribution in [0.15, 0.2) is 0 Å². The average Bonchev–Trinajstić information content (AvgIpc) is 1.86. The molecule has 1 amide bonds.